The monoisotopic (exact) mass is 473 g/mol. The lowest BCUT2D eigenvalue weighted by molar-refractivity contribution is 1.07. The van der Waals surface area contributed by atoms with E-state index in [0.29, 0.717) is 11.6 Å². The molecule has 0 N–H and O–H groups in total. The predicted molar refractivity (Wildman–Crippen MR) is 144 cm³/mol. The number of rotatable bonds is 2. The molecule has 7 rings (SSSR count). The van der Waals surface area contributed by atoms with Crippen molar-refractivity contribution in [3.63, 3.8) is 0 Å². The molecule has 0 spiro atoms. The summed E-state index contributed by atoms with van der Waals surface area (Å²) in [5.74, 6) is 1.15. The van der Waals surface area contributed by atoms with Crippen LogP contribution in [-0.4, -0.2) is 15.0 Å². The van der Waals surface area contributed by atoms with Gasteiger partial charge in [0.05, 0.1) is 0 Å². The highest BCUT2D eigenvalue weighted by Crippen LogP contribution is 2.37. The maximum atomic E-state index is 6.43. The Morgan fingerprint density at radius 1 is 0.529 bits per heavy atom. The molecule has 0 aliphatic heterocycles. The van der Waals surface area contributed by atoms with Gasteiger partial charge in [0.1, 0.15) is 0 Å². The summed E-state index contributed by atoms with van der Waals surface area (Å²) in [6, 6.07) is 33.7. The van der Waals surface area contributed by atoms with Gasteiger partial charge in [0.25, 0.3) is 0 Å². The molecule has 0 fully saturated rings. The molecule has 0 saturated carbocycles. The molecule has 2 aromatic heterocycles. The van der Waals surface area contributed by atoms with Crippen molar-refractivity contribution in [2.24, 2.45) is 0 Å². The van der Waals surface area contributed by atoms with Crippen molar-refractivity contribution in [2.75, 3.05) is 0 Å². The molecule has 0 atom stereocenters. The SMILES string of the molecule is Clc1nc(-c2ccc3sc4ccccc4c3c2)nc(-c2cccc3c2ccc2ccccc23)n1. The summed E-state index contributed by atoms with van der Waals surface area (Å²) >= 11 is 8.22. The van der Waals surface area contributed by atoms with E-state index in [4.69, 9.17) is 16.6 Å². The summed E-state index contributed by atoms with van der Waals surface area (Å²) in [4.78, 5) is 13.9. The summed E-state index contributed by atoms with van der Waals surface area (Å²) < 4.78 is 2.51. The van der Waals surface area contributed by atoms with Crippen molar-refractivity contribution in [1.82, 2.24) is 15.0 Å². The molecule has 0 aliphatic carbocycles. The first kappa shape index (κ1) is 19.6. The average molecular weight is 474 g/mol. The third-order valence-electron chi connectivity index (χ3n) is 6.27. The molecule has 0 radical (unpaired) electrons. The second kappa shape index (κ2) is 7.59. The summed E-state index contributed by atoms with van der Waals surface area (Å²) in [5, 5.41) is 7.30. The second-order valence-electron chi connectivity index (χ2n) is 8.25. The third-order valence-corrected chi connectivity index (χ3v) is 7.59. The number of aromatic nitrogens is 3. The minimum absolute atomic E-state index is 0.188. The van der Waals surface area contributed by atoms with E-state index in [0.717, 1.165) is 16.5 Å². The Balaban J connectivity index is 1.43. The number of fused-ring (bicyclic) bond motifs is 6. The molecule has 5 aromatic carbocycles. The maximum Gasteiger partial charge on any atom is 0.226 e. The molecular formula is C29H16ClN3S. The molecule has 5 heteroatoms. The van der Waals surface area contributed by atoms with Crippen LogP contribution in [0.4, 0.5) is 0 Å². The van der Waals surface area contributed by atoms with E-state index in [2.05, 4.69) is 94.9 Å². The molecule has 0 unspecified atom stereocenters. The zero-order valence-corrected chi connectivity index (χ0v) is 19.4. The summed E-state index contributed by atoms with van der Waals surface area (Å²) in [5.41, 5.74) is 1.86. The van der Waals surface area contributed by atoms with Gasteiger partial charge in [-0.25, -0.2) is 4.98 Å². The normalized spacial score (nSPS) is 11.7. The Labute approximate surface area is 204 Å². The Morgan fingerprint density at radius 2 is 1.29 bits per heavy atom. The van der Waals surface area contributed by atoms with Crippen molar-refractivity contribution in [2.45, 2.75) is 0 Å². The highest BCUT2D eigenvalue weighted by atomic mass is 35.5. The molecule has 2 heterocycles. The van der Waals surface area contributed by atoms with Crippen molar-refractivity contribution in [1.29, 1.82) is 0 Å². The molecule has 0 amide bonds. The van der Waals surface area contributed by atoms with E-state index in [-0.39, 0.29) is 5.28 Å². The van der Waals surface area contributed by atoms with Crippen LogP contribution in [0.25, 0.3) is 64.5 Å². The largest absolute Gasteiger partial charge is 0.226 e. The maximum absolute atomic E-state index is 6.43. The molecule has 7 aromatic rings. The number of benzene rings is 5. The summed E-state index contributed by atoms with van der Waals surface area (Å²) in [7, 11) is 0. The molecule has 0 bridgehead atoms. The van der Waals surface area contributed by atoms with Crippen LogP contribution in [-0.2, 0) is 0 Å². The van der Waals surface area contributed by atoms with E-state index >= 15 is 0 Å². The molecule has 3 nitrogen and oxygen atoms in total. The van der Waals surface area contributed by atoms with E-state index in [9.17, 15) is 0 Å². The summed E-state index contributed by atoms with van der Waals surface area (Å²) in [6.45, 7) is 0. The number of thiophene rings is 1. The fourth-order valence-corrected chi connectivity index (χ4v) is 5.95. The first-order valence-corrected chi connectivity index (χ1v) is 12.2. The van der Waals surface area contributed by atoms with Crippen molar-refractivity contribution >= 4 is 64.7 Å². The van der Waals surface area contributed by atoms with E-state index in [1.165, 1.54) is 36.3 Å². The highest BCUT2D eigenvalue weighted by Gasteiger charge is 2.14. The smallest absolute Gasteiger partial charge is 0.208 e. The molecular weight excluding hydrogens is 458 g/mol. The number of nitrogens with zero attached hydrogens (tertiary/aromatic N) is 3. The van der Waals surface area contributed by atoms with Gasteiger partial charge in [-0.2, -0.15) is 9.97 Å². The molecule has 160 valence electrons. The van der Waals surface area contributed by atoms with Crippen molar-refractivity contribution in [3.05, 3.63) is 102 Å². The van der Waals surface area contributed by atoms with Crippen LogP contribution in [0.15, 0.2) is 97.1 Å². The van der Waals surface area contributed by atoms with E-state index in [1.54, 1.807) is 11.3 Å². The minimum Gasteiger partial charge on any atom is -0.208 e. The fourth-order valence-electron chi connectivity index (χ4n) is 4.70. The number of halogens is 1. The van der Waals surface area contributed by atoms with Crippen LogP contribution < -0.4 is 0 Å². The highest BCUT2D eigenvalue weighted by molar-refractivity contribution is 7.25. The quantitative estimate of drug-likeness (QED) is 0.236. The topological polar surface area (TPSA) is 38.7 Å². The average Bonchev–Trinajstić information content (AvgIpc) is 3.26. The van der Waals surface area contributed by atoms with Crippen LogP contribution in [0.5, 0.6) is 0 Å². The van der Waals surface area contributed by atoms with Gasteiger partial charge < -0.3 is 0 Å². The molecule has 0 aliphatic rings. The van der Waals surface area contributed by atoms with Crippen LogP contribution in [0.2, 0.25) is 5.28 Å². The van der Waals surface area contributed by atoms with Gasteiger partial charge in [-0.05, 0) is 57.4 Å². The van der Waals surface area contributed by atoms with Gasteiger partial charge in [0.15, 0.2) is 11.6 Å². The predicted octanol–water partition coefficient (Wildman–Crippen LogP) is 8.53. The Bertz CT molecular complexity index is 1890. The van der Waals surface area contributed by atoms with Gasteiger partial charge >= 0.3 is 0 Å². The standard InChI is InChI=1S/C29H16ClN3S/c30-29-32-27(18-13-15-26-24(16-18)22-8-3-4-11-25(22)34-26)31-28(33-29)23-10-5-9-20-19-7-2-1-6-17(19)12-14-21(20)23/h1-16H. The van der Waals surface area contributed by atoms with E-state index < -0.39 is 0 Å². The molecule has 0 saturated heterocycles. The molecule has 34 heavy (non-hydrogen) atoms. The van der Waals surface area contributed by atoms with Gasteiger partial charge in [0.2, 0.25) is 5.28 Å². The lowest BCUT2D eigenvalue weighted by Gasteiger charge is -2.10. The zero-order chi connectivity index (χ0) is 22.6. The first-order chi connectivity index (χ1) is 16.7. The van der Waals surface area contributed by atoms with Gasteiger partial charge in [0, 0.05) is 31.3 Å². The lowest BCUT2D eigenvalue weighted by Crippen LogP contribution is -1.97. The first-order valence-electron chi connectivity index (χ1n) is 11.0. The van der Waals surface area contributed by atoms with E-state index in [1.807, 2.05) is 12.1 Å². The second-order valence-corrected chi connectivity index (χ2v) is 9.67. The van der Waals surface area contributed by atoms with Gasteiger partial charge in [-0.1, -0.05) is 72.8 Å². The number of hydrogen-bond acceptors (Lipinski definition) is 4. The Kier molecular flexibility index (Phi) is 4.37. The lowest BCUT2D eigenvalue weighted by atomic mass is 9.98. The van der Waals surface area contributed by atoms with Crippen molar-refractivity contribution < 1.29 is 0 Å². The fraction of sp³-hybridized carbons (Fsp3) is 0. The van der Waals surface area contributed by atoms with Crippen LogP contribution in [0.3, 0.4) is 0 Å². The van der Waals surface area contributed by atoms with Crippen LogP contribution in [0.1, 0.15) is 0 Å². The minimum atomic E-state index is 0.188. The van der Waals surface area contributed by atoms with Crippen LogP contribution in [0, 0.1) is 0 Å². The van der Waals surface area contributed by atoms with Gasteiger partial charge in [-0.15, -0.1) is 11.3 Å². The number of hydrogen-bond donors (Lipinski definition) is 0. The zero-order valence-electron chi connectivity index (χ0n) is 17.9. The van der Waals surface area contributed by atoms with Gasteiger partial charge in [-0.3, -0.25) is 0 Å². The third kappa shape index (κ3) is 3.07. The van der Waals surface area contributed by atoms with Crippen LogP contribution >= 0.6 is 22.9 Å². The Morgan fingerprint density at radius 3 is 2.24 bits per heavy atom. The Hall–Kier alpha value is -3.86. The summed E-state index contributed by atoms with van der Waals surface area (Å²) in [6.07, 6.45) is 0. The van der Waals surface area contributed by atoms with Crippen molar-refractivity contribution in [3.8, 4) is 22.8 Å².